The molecule has 1 fully saturated rings. The Labute approximate surface area is 166 Å². The molecule has 0 amide bonds. The van der Waals surface area contributed by atoms with Gasteiger partial charge >= 0.3 is 6.18 Å². The van der Waals surface area contributed by atoms with Crippen LogP contribution in [0.2, 0.25) is 0 Å². The highest BCUT2D eigenvalue weighted by molar-refractivity contribution is 5.83. The molecule has 1 aliphatic rings. The number of hydrogen-bond donors (Lipinski definition) is 0. The Hall–Kier alpha value is -2.93. The van der Waals surface area contributed by atoms with Gasteiger partial charge in [-0.15, -0.1) is 5.10 Å². The number of hydrogen-bond acceptors (Lipinski definition) is 8. The zero-order chi connectivity index (χ0) is 21.9. The summed E-state index contributed by atoms with van der Waals surface area (Å²) in [6, 6.07) is 0. The maximum Gasteiger partial charge on any atom is 0.455 e. The molecule has 0 unspecified atom stereocenters. The summed E-state index contributed by atoms with van der Waals surface area (Å²) in [6.07, 6.45) is -5.07. The molecule has 0 radical (unpaired) electrons. The molecule has 0 saturated carbocycles. The van der Waals surface area contributed by atoms with Crippen molar-refractivity contribution in [3.05, 3.63) is 17.5 Å². The van der Waals surface area contributed by atoms with Crippen LogP contribution in [0.25, 0.3) is 11.2 Å². The average molecular weight is 432 g/mol. The molecule has 30 heavy (non-hydrogen) atoms. The van der Waals surface area contributed by atoms with E-state index in [-0.39, 0.29) is 42.4 Å². The van der Waals surface area contributed by atoms with Crippen LogP contribution in [0.1, 0.15) is 44.7 Å². The van der Waals surface area contributed by atoms with E-state index in [9.17, 15) is 22.0 Å². The third-order valence-electron chi connectivity index (χ3n) is 4.49. The molecule has 0 bridgehead atoms. The van der Waals surface area contributed by atoms with Crippen molar-refractivity contribution in [2.24, 2.45) is 0 Å². The van der Waals surface area contributed by atoms with Crippen LogP contribution in [0.4, 0.5) is 27.8 Å². The Balaban J connectivity index is 1.77. The predicted octanol–water partition coefficient (Wildman–Crippen LogP) is 2.81. The van der Waals surface area contributed by atoms with Crippen LogP contribution >= 0.6 is 0 Å². The Kier molecular flexibility index (Phi) is 4.43. The van der Waals surface area contributed by atoms with Gasteiger partial charge < -0.3 is 9.42 Å². The normalized spacial score (nSPS) is 17.3. The van der Waals surface area contributed by atoms with Crippen LogP contribution < -0.4 is 4.90 Å². The molecule has 14 heteroatoms. The van der Waals surface area contributed by atoms with E-state index >= 15 is 0 Å². The molecule has 3 aromatic rings. The highest BCUT2D eigenvalue weighted by Crippen LogP contribution is 2.34. The van der Waals surface area contributed by atoms with Crippen LogP contribution in [-0.4, -0.2) is 54.1 Å². The molecule has 9 nitrogen and oxygen atoms in total. The van der Waals surface area contributed by atoms with E-state index in [1.165, 1.54) is 9.58 Å². The van der Waals surface area contributed by atoms with Crippen molar-refractivity contribution < 1.29 is 26.5 Å². The standard InChI is InChI=1S/C16H17F5N8O/c1-14(2,3)12-23-10(28-5-4-15(17,18)7-28)9-11(24-12)29(27-25-9)6-8-22-13(26-30-8)16(19,20)21/h4-7H2,1-3H3. The monoisotopic (exact) mass is 432 g/mol. The summed E-state index contributed by atoms with van der Waals surface area (Å²) in [5, 5.41) is 10.8. The van der Waals surface area contributed by atoms with Gasteiger partial charge in [0, 0.05) is 18.4 Å². The Bertz CT molecular complexity index is 1080. The largest absolute Gasteiger partial charge is 0.455 e. The minimum absolute atomic E-state index is 0.0775. The van der Waals surface area contributed by atoms with Gasteiger partial charge in [0.05, 0.1) is 6.54 Å². The highest BCUT2D eigenvalue weighted by Gasteiger charge is 2.40. The number of anilines is 1. The lowest BCUT2D eigenvalue weighted by Crippen LogP contribution is -2.27. The molecule has 0 N–H and O–H groups in total. The van der Waals surface area contributed by atoms with Crippen LogP contribution in [-0.2, 0) is 18.1 Å². The summed E-state index contributed by atoms with van der Waals surface area (Å²) < 4.78 is 71.4. The Morgan fingerprint density at radius 3 is 2.37 bits per heavy atom. The lowest BCUT2D eigenvalue weighted by atomic mass is 9.96. The van der Waals surface area contributed by atoms with E-state index in [0.717, 1.165) is 0 Å². The highest BCUT2D eigenvalue weighted by atomic mass is 19.4. The molecule has 0 aromatic carbocycles. The van der Waals surface area contributed by atoms with Crippen LogP contribution in [0.15, 0.2) is 4.52 Å². The molecule has 162 valence electrons. The van der Waals surface area contributed by atoms with Crippen molar-refractivity contribution in [3.63, 3.8) is 0 Å². The Morgan fingerprint density at radius 2 is 1.80 bits per heavy atom. The first-order valence-corrected chi connectivity index (χ1v) is 8.98. The minimum atomic E-state index is -4.75. The first kappa shape index (κ1) is 20.3. The maximum atomic E-state index is 13.8. The molecule has 4 heterocycles. The van der Waals surface area contributed by atoms with E-state index < -0.39 is 29.9 Å². The number of alkyl halides is 5. The fourth-order valence-electron chi connectivity index (χ4n) is 2.98. The summed E-state index contributed by atoms with van der Waals surface area (Å²) in [4.78, 5) is 13.6. The SMILES string of the molecule is CC(C)(C)c1nc(N2CCC(F)(F)C2)c2nnn(Cc3nc(C(F)(F)F)no3)c2n1. The number of fused-ring (bicyclic) bond motifs is 1. The molecular formula is C16H17F5N8O. The number of rotatable bonds is 3. The van der Waals surface area contributed by atoms with Crippen molar-refractivity contribution in [3.8, 4) is 0 Å². The average Bonchev–Trinajstić information content (AvgIpc) is 3.32. The van der Waals surface area contributed by atoms with E-state index in [1.807, 2.05) is 20.8 Å². The van der Waals surface area contributed by atoms with Crippen molar-refractivity contribution in [1.29, 1.82) is 0 Å². The smallest absolute Gasteiger partial charge is 0.348 e. The first-order valence-electron chi connectivity index (χ1n) is 8.98. The van der Waals surface area contributed by atoms with Gasteiger partial charge in [0.15, 0.2) is 17.0 Å². The van der Waals surface area contributed by atoms with E-state index in [1.54, 1.807) is 0 Å². The summed E-state index contributed by atoms with van der Waals surface area (Å²) >= 11 is 0. The molecule has 0 aliphatic carbocycles. The second-order valence-electron chi connectivity index (χ2n) is 8.08. The minimum Gasteiger partial charge on any atom is -0.348 e. The van der Waals surface area contributed by atoms with Crippen molar-refractivity contribution >= 4 is 17.0 Å². The fourth-order valence-corrected chi connectivity index (χ4v) is 2.98. The number of halogens is 5. The lowest BCUT2D eigenvalue weighted by Gasteiger charge is -2.22. The second kappa shape index (κ2) is 6.54. The lowest BCUT2D eigenvalue weighted by molar-refractivity contribution is -0.146. The van der Waals surface area contributed by atoms with Gasteiger partial charge in [0.2, 0.25) is 5.89 Å². The van der Waals surface area contributed by atoms with Crippen molar-refractivity contribution in [2.75, 3.05) is 18.0 Å². The second-order valence-corrected chi connectivity index (χ2v) is 8.08. The first-order chi connectivity index (χ1) is 13.8. The van der Waals surface area contributed by atoms with Gasteiger partial charge in [-0.05, 0) is 0 Å². The van der Waals surface area contributed by atoms with Gasteiger partial charge in [0.25, 0.3) is 11.7 Å². The van der Waals surface area contributed by atoms with Gasteiger partial charge in [-0.3, -0.25) is 0 Å². The molecule has 0 spiro atoms. The molecule has 3 aromatic heterocycles. The summed E-state index contributed by atoms with van der Waals surface area (Å²) in [7, 11) is 0. The van der Waals surface area contributed by atoms with Gasteiger partial charge in [-0.25, -0.2) is 23.4 Å². The van der Waals surface area contributed by atoms with Crippen molar-refractivity contribution in [1.82, 2.24) is 35.1 Å². The third kappa shape index (κ3) is 3.77. The molecule has 1 aliphatic heterocycles. The summed E-state index contributed by atoms with van der Waals surface area (Å²) in [6.45, 7) is 4.77. The van der Waals surface area contributed by atoms with Gasteiger partial charge in [0.1, 0.15) is 12.4 Å². The summed E-state index contributed by atoms with van der Waals surface area (Å²) in [5.41, 5.74) is -0.197. The zero-order valence-electron chi connectivity index (χ0n) is 16.2. The molecule has 1 saturated heterocycles. The zero-order valence-corrected chi connectivity index (χ0v) is 16.2. The fraction of sp³-hybridized carbons (Fsp3) is 0.625. The topological polar surface area (TPSA) is 98.7 Å². The number of nitrogens with zero attached hydrogens (tertiary/aromatic N) is 8. The molecule has 4 rings (SSSR count). The van der Waals surface area contributed by atoms with Crippen LogP contribution in [0, 0.1) is 0 Å². The van der Waals surface area contributed by atoms with Crippen molar-refractivity contribution in [2.45, 2.75) is 51.3 Å². The van der Waals surface area contributed by atoms with Gasteiger partial charge in [-0.2, -0.15) is 18.2 Å². The summed E-state index contributed by atoms with van der Waals surface area (Å²) in [5.74, 6) is -4.06. The van der Waals surface area contributed by atoms with E-state index in [4.69, 9.17) is 0 Å². The van der Waals surface area contributed by atoms with Crippen LogP contribution in [0.3, 0.4) is 0 Å². The Morgan fingerprint density at radius 1 is 1.07 bits per heavy atom. The van der Waals surface area contributed by atoms with E-state index in [0.29, 0.717) is 5.82 Å². The molecule has 0 atom stereocenters. The van der Waals surface area contributed by atoms with E-state index in [2.05, 4.69) is 34.9 Å². The van der Waals surface area contributed by atoms with Gasteiger partial charge in [-0.1, -0.05) is 31.1 Å². The third-order valence-corrected chi connectivity index (χ3v) is 4.49. The quantitative estimate of drug-likeness (QED) is 0.583. The number of aromatic nitrogens is 7. The molecular weight excluding hydrogens is 415 g/mol. The predicted molar refractivity (Wildman–Crippen MR) is 92.0 cm³/mol. The van der Waals surface area contributed by atoms with Crippen LogP contribution in [0.5, 0.6) is 0 Å². The maximum absolute atomic E-state index is 13.8.